The van der Waals surface area contributed by atoms with Crippen molar-refractivity contribution in [3.8, 4) is 0 Å². The molecule has 1 aromatic rings. The van der Waals surface area contributed by atoms with Crippen LogP contribution in [0.25, 0.3) is 0 Å². The van der Waals surface area contributed by atoms with E-state index in [4.69, 9.17) is 0 Å². The third-order valence-corrected chi connectivity index (χ3v) is 4.26. The fourth-order valence-electron chi connectivity index (χ4n) is 0.953. The van der Waals surface area contributed by atoms with Crippen LogP contribution in [0.3, 0.4) is 0 Å². The molecule has 0 saturated heterocycles. The molecule has 1 aromatic carbocycles. The van der Waals surface area contributed by atoms with Gasteiger partial charge in [0, 0.05) is 16.8 Å². The summed E-state index contributed by atoms with van der Waals surface area (Å²) in [5.74, 6) is 0. The summed E-state index contributed by atoms with van der Waals surface area (Å²) in [7, 11) is -3.49. The van der Waals surface area contributed by atoms with Gasteiger partial charge in [-0.3, -0.25) is 10.1 Å². The highest BCUT2D eigenvalue weighted by atomic mass is 79.9. The average molecular weight is 359 g/mol. The molecular formula is C7H5Br2NO4S. The summed E-state index contributed by atoms with van der Waals surface area (Å²) in [6, 6.07) is 2.55. The Bertz CT molecular complexity index is 526. The minimum Gasteiger partial charge on any atom is -0.258 e. The second kappa shape index (κ2) is 4.18. The van der Waals surface area contributed by atoms with E-state index in [1.165, 1.54) is 12.1 Å². The van der Waals surface area contributed by atoms with E-state index < -0.39 is 14.8 Å². The van der Waals surface area contributed by atoms with E-state index in [1.54, 1.807) is 0 Å². The van der Waals surface area contributed by atoms with Crippen LogP contribution < -0.4 is 0 Å². The molecular weight excluding hydrogens is 354 g/mol. The van der Waals surface area contributed by atoms with Crippen LogP contribution in [0, 0.1) is 10.1 Å². The molecule has 0 heterocycles. The fourth-order valence-corrected chi connectivity index (χ4v) is 3.58. The first-order valence-electron chi connectivity index (χ1n) is 3.57. The molecule has 1 rings (SSSR count). The third-order valence-electron chi connectivity index (χ3n) is 1.58. The van der Waals surface area contributed by atoms with Crippen LogP contribution in [0.4, 0.5) is 5.69 Å². The van der Waals surface area contributed by atoms with Gasteiger partial charge in [0.2, 0.25) is 0 Å². The summed E-state index contributed by atoms with van der Waals surface area (Å²) in [6.45, 7) is 0. The molecule has 5 nitrogen and oxygen atoms in total. The highest BCUT2D eigenvalue weighted by Crippen LogP contribution is 2.34. The van der Waals surface area contributed by atoms with Gasteiger partial charge in [-0.15, -0.1) is 0 Å². The maximum absolute atomic E-state index is 11.3. The van der Waals surface area contributed by atoms with E-state index in [0.29, 0.717) is 4.47 Å². The van der Waals surface area contributed by atoms with Crippen LogP contribution in [0.1, 0.15) is 0 Å². The lowest BCUT2D eigenvalue weighted by Gasteiger charge is -2.03. The zero-order valence-electron chi connectivity index (χ0n) is 7.40. The maximum Gasteiger partial charge on any atom is 0.285 e. The Morgan fingerprint density at radius 2 is 1.87 bits per heavy atom. The molecule has 0 N–H and O–H groups in total. The fraction of sp³-hybridized carbons (Fsp3) is 0.143. The van der Waals surface area contributed by atoms with Gasteiger partial charge in [-0.1, -0.05) is 15.9 Å². The molecule has 82 valence electrons. The minimum atomic E-state index is -3.49. The van der Waals surface area contributed by atoms with Crippen LogP contribution in [-0.2, 0) is 9.84 Å². The molecule has 0 radical (unpaired) electrons. The van der Waals surface area contributed by atoms with E-state index >= 15 is 0 Å². The number of benzene rings is 1. The van der Waals surface area contributed by atoms with Crippen molar-refractivity contribution in [1.29, 1.82) is 0 Å². The average Bonchev–Trinajstić information content (AvgIpc) is 2.06. The smallest absolute Gasteiger partial charge is 0.258 e. The summed E-state index contributed by atoms with van der Waals surface area (Å²) in [5, 5.41) is 10.6. The van der Waals surface area contributed by atoms with Gasteiger partial charge in [0.25, 0.3) is 5.69 Å². The summed E-state index contributed by atoms with van der Waals surface area (Å²) < 4.78 is 22.9. The van der Waals surface area contributed by atoms with Crippen LogP contribution in [0.2, 0.25) is 0 Å². The van der Waals surface area contributed by atoms with Crippen LogP contribution in [0.5, 0.6) is 0 Å². The molecule has 0 fully saturated rings. The quantitative estimate of drug-likeness (QED) is 0.601. The number of nitro groups is 1. The summed E-state index contributed by atoms with van der Waals surface area (Å²) >= 11 is 5.93. The second-order valence-electron chi connectivity index (χ2n) is 2.77. The lowest BCUT2D eigenvalue weighted by atomic mass is 10.3. The predicted octanol–water partition coefficient (Wildman–Crippen LogP) is 2.52. The maximum atomic E-state index is 11.3. The van der Waals surface area contributed by atoms with Gasteiger partial charge in [-0.25, -0.2) is 8.42 Å². The predicted molar refractivity (Wildman–Crippen MR) is 61.6 cm³/mol. The highest BCUT2D eigenvalue weighted by molar-refractivity contribution is 9.11. The largest absolute Gasteiger partial charge is 0.285 e. The molecule has 0 aliphatic heterocycles. The highest BCUT2D eigenvalue weighted by Gasteiger charge is 2.22. The van der Waals surface area contributed by atoms with Crippen LogP contribution in [-0.4, -0.2) is 19.6 Å². The number of rotatable bonds is 2. The molecule has 0 aliphatic rings. The van der Waals surface area contributed by atoms with Gasteiger partial charge in [-0.05, 0) is 22.0 Å². The SMILES string of the molecule is CS(=O)(=O)c1cc(Br)cc([N+](=O)[O-])c1Br. The Kier molecular flexibility index (Phi) is 3.51. The lowest BCUT2D eigenvalue weighted by molar-refractivity contribution is -0.386. The first-order chi connectivity index (χ1) is 6.73. The topological polar surface area (TPSA) is 77.3 Å². The molecule has 0 unspecified atom stereocenters. The van der Waals surface area contributed by atoms with Crippen molar-refractivity contribution in [2.24, 2.45) is 0 Å². The van der Waals surface area contributed by atoms with Gasteiger partial charge < -0.3 is 0 Å². The molecule has 0 saturated carbocycles. The molecule has 8 heteroatoms. The van der Waals surface area contributed by atoms with Crippen molar-refractivity contribution in [2.75, 3.05) is 6.26 Å². The van der Waals surface area contributed by atoms with Crippen molar-refractivity contribution >= 4 is 47.4 Å². The van der Waals surface area contributed by atoms with Crippen LogP contribution >= 0.6 is 31.9 Å². The molecule has 15 heavy (non-hydrogen) atoms. The van der Waals surface area contributed by atoms with Crippen LogP contribution in [0.15, 0.2) is 26.0 Å². The van der Waals surface area contributed by atoms with E-state index in [9.17, 15) is 18.5 Å². The summed E-state index contributed by atoms with van der Waals surface area (Å²) in [5.41, 5.74) is -0.287. The van der Waals surface area contributed by atoms with E-state index in [0.717, 1.165) is 6.26 Å². The summed E-state index contributed by atoms with van der Waals surface area (Å²) in [4.78, 5) is 9.86. The van der Waals surface area contributed by atoms with Gasteiger partial charge in [0.1, 0.15) is 4.47 Å². The van der Waals surface area contributed by atoms with Crippen molar-refractivity contribution in [3.63, 3.8) is 0 Å². The Morgan fingerprint density at radius 3 is 2.27 bits per heavy atom. The van der Waals surface area contributed by atoms with E-state index in [1.807, 2.05) is 0 Å². The molecule has 0 aliphatic carbocycles. The zero-order valence-corrected chi connectivity index (χ0v) is 11.4. The Balaban J connectivity index is 3.63. The standard InChI is InChI=1S/C7H5Br2NO4S/c1-15(13,14)6-3-4(8)2-5(7(6)9)10(11)12/h2-3H,1H3. The van der Waals surface area contributed by atoms with Gasteiger partial charge in [0.15, 0.2) is 9.84 Å². The number of nitrogens with zero attached hydrogens (tertiary/aromatic N) is 1. The van der Waals surface area contributed by atoms with E-state index in [-0.39, 0.29) is 15.1 Å². The van der Waals surface area contributed by atoms with Gasteiger partial charge in [-0.2, -0.15) is 0 Å². The first-order valence-corrected chi connectivity index (χ1v) is 7.04. The third kappa shape index (κ3) is 2.76. The Hall–Kier alpha value is -0.470. The minimum absolute atomic E-state index is 0.0294. The normalized spacial score (nSPS) is 11.4. The summed E-state index contributed by atoms with van der Waals surface area (Å²) in [6.07, 6.45) is 0.989. The number of sulfone groups is 1. The molecule has 0 aromatic heterocycles. The second-order valence-corrected chi connectivity index (χ2v) is 6.46. The monoisotopic (exact) mass is 357 g/mol. The molecule has 0 amide bonds. The Morgan fingerprint density at radius 1 is 1.33 bits per heavy atom. The molecule has 0 atom stereocenters. The number of hydrogen-bond donors (Lipinski definition) is 0. The zero-order chi connectivity index (χ0) is 11.8. The molecule has 0 bridgehead atoms. The molecule has 0 spiro atoms. The van der Waals surface area contributed by atoms with Crippen molar-refractivity contribution in [3.05, 3.63) is 31.2 Å². The number of nitro benzene ring substituents is 1. The lowest BCUT2D eigenvalue weighted by Crippen LogP contribution is -2.01. The number of hydrogen-bond acceptors (Lipinski definition) is 4. The van der Waals surface area contributed by atoms with Crippen molar-refractivity contribution in [1.82, 2.24) is 0 Å². The Labute approximate surface area is 103 Å². The first kappa shape index (κ1) is 12.6. The number of halogens is 2. The van der Waals surface area contributed by atoms with Crippen molar-refractivity contribution in [2.45, 2.75) is 4.90 Å². The van der Waals surface area contributed by atoms with Crippen molar-refractivity contribution < 1.29 is 13.3 Å². The van der Waals surface area contributed by atoms with Gasteiger partial charge >= 0.3 is 0 Å². The van der Waals surface area contributed by atoms with E-state index in [2.05, 4.69) is 31.9 Å². The van der Waals surface area contributed by atoms with Gasteiger partial charge in [0.05, 0.1) is 9.82 Å².